The normalized spacial score (nSPS) is 28.3. The van der Waals surface area contributed by atoms with Crippen LogP contribution in [0.5, 0.6) is 0 Å². The maximum atomic E-state index is 6.33. The van der Waals surface area contributed by atoms with Crippen LogP contribution < -0.4 is 5.73 Å². The summed E-state index contributed by atoms with van der Waals surface area (Å²) >= 11 is 1.80. The Kier molecular flexibility index (Phi) is 4.70. The van der Waals surface area contributed by atoms with Crippen LogP contribution in [0.1, 0.15) is 55.9 Å². The number of ether oxygens (including phenoxy) is 1. The molecular formula is C16H27NOS. The van der Waals surface area contributed by atoms with Crippen LogP contribution in [-0.2, 0) is 4.74 Å². The molecule has 3 heteroatoms. The number of hydrogen-bond donors (Lipinski definition) is 1. The topological polar surface area (TPSA) is 35.2 Å². The molecule has 0 saturated heterocycles. The van der Waals surface area contributed by atoms with Crippen molar-refractivity contribution in [2.75, 3.05) is 6.54 Å². The lowest BCUT2D eigenvalue weighted by molar-refractivity contribution is -0.0623. The molecule has 1 aliphatic carbocycles. The van der Waals surface area contributed by atoms with Gasteiger partial charge in [-0.1, -0.05) is 20.8 Å². The summed E-state index contributed by atoms with van der Waals surface area (Å²) in [5.41, 5.74) is 6.31. The van der Waals surface area contributed by atoms with E-state index in [1.54, 1.807) is 11.3 Å². The highest BCUT2D eigenvalue weighted by Crippen LogP contribution is 2.41. The smallest absolute Gasteiger partial charge is 0.104 e. The fourth-order valence-electron chi connectivity index (χ4n) is 3.46. The average molecular weight is 281 g/mol. The van der Waals surface area contributed by atoms with Crippen LogP contribution in [0.3, 0.4) is 0 Å². The summed E-state index contributed by atoms with van der Waals surface area (Å²) in [6.45, 7) is 9.75. The van der Waals surface area contributed by atoms with E-state index in [4.69, 9.17) is 10.5 Å². The zero-order valence-corrected chi connectivity index (χ0v) is 13.4. The average Bonchev–Trinajstić information content (AvgIpc) is 2.70. The Balaban J connectivity index is 2.02. The van der Waals surface area contributed by atoms with E-state index in [0.717, 1.165) is 12.3 Å². The van der Waals surface area contributed by atoms with Crippen LogP contribution in [0.25, 0.3) is 0 Å². The SMILES string of the molecule is Cc1ccc(C(CN)OC2CC(C)CC(C)(C)C2)s1. The molecule has 0 spiro atoms. The molecule has 1 heterocycles. The van der Waals surface area contributed by atoms with Gasteiger partial charge in [-0.15, -0.1) is 11.3 Å². The van der Waals surface area contributed by atoms with Gasteiger partial charge in [-0.2, -0.15) is 0 Å². The van der Waals surface area contributed by atoms with Crippen LogP contribution in [0.2, 0.25) is 0 Å². The molecule has 108 valence electrons. The van der Waals surface area contributed by atoms with E-state index in [1.165, 1.54) is 22.6 Å². The van der Waals surface area contributed by atoms with Crippen molar-refractivity contribution >= 4 is 11.3 Å². The number of thiophene rings is 1. The Morgan fingerprint density at radius 3 is 2.68 bits per heavy atom. The molecule has 2 nitrogen and oxygen atoms in total. The summed E-state index contributed by atoms with van der Waals surface area (Å²) in [7, 11) is 0. The van der Waals surface area contributed by atoms with Crippen molar-refractivity contribution in [1.29, 1.82) is 0 Å². The minimum Gasteiger partial charge on any atom is -0.368 e. The molecule has 2 N–H and O–H groups in total. The van der Waals surface area contributed by atoms with Gasteiger partial charge in [-0.3, -0.25) is 0 Å². The first kappa shape index (κ1) is 15.0. The third-order valence-corrected chi connectivity index (χ3v) is 5.09. The van der Waals surface area contributed by atoms with Gasteiger partial charge in [0.1, 0.15) is 6.10 Å². The molecule has 1 saturated carbocycles. The molecule has 19 heavy (non-hydrogen) atoms. The van der Waals surface area contributed by atoms with Crippen molar-refractivity contribution in [3.05, 3.63) is 21.9 Å². The van der Waals surface area contributed by atoms with Crippen molar-refractivity contribution in [2.24, 2.45) is 17.1 Å². The first-order valence-electron chi connectivity index (χ1n) is 7.31. The predicted octanol–water partition coefficient (Wildman–Crippen LogP) is 4.29. The second-order valence-corrected chi connectivity index (χ2v) is 8.16. The molecular weight excluding hydrogens is 254 g/mol. The highest BCUT2D eigenvalue weighted by Gasteiger charge is 2.33. The van der Waals surface area contributed by atoms with Gasteiger partial charge >= 0.3 is 0 Å². The standard InChI is InChI=1S/C16H27NOS/c1-11-7-13(9-16(3,4)8-11)18-14(10-17)15-6-5-12(2)19-15/h5-6,11,13-14H,7-10,17H2,1-4H3. The molecule has 0 bridgehead atoms. The van der Waals surface area contributed by atoms with Crippen LogP contribution in [-0.4, -0.2) is 12.6 Å². The molecule has 0 radical (unpaired) electrons. The lowest BCUT2D eigenvalue weighted by Crippen LogP contribution is -2.34. The fraction of sp³-hybridized carbons (Fsp3) is 0.750. The monoisotopic (exact) mass is 281 g/mol. The summed E-state index contributed by atoms with van der Waals surface area (Å²) in [6.07, 6.45) is 4.06. The van der Waals surface area contributed by atoms with E-state index in [2.05, 4.69) is 39.8 Å². The van der Waals surface area contributed by atoms with Crippen molar-refractivity contribution in [3.8, 4) is 0 Å². The van der Waals surface area contributed by atoms with Gasteiger partial charge in [-0.25, -0.2) is 0 Å². The van der Waals surface area contributed by atoms with Gasteiger partial charge in [0.2, 0.25) is 0 Å². The molecule has 0 aliphatic heterocycles. The second kappa shape index (κ2) is 5.94. The Morgan fingerprint density at radius 1 is 1.42 bits per heavy atom. The highest BCUT2D eigenvalue weighted by molar-refractivity contribution is 7.12. The van der Waals surface area contributed by atoms with Crippen molar-refractivity contribution in [1.82, 2.24) is 0 Å². The van der Waals surface area contributed by atoms with E-state index in [9.17, 15) is 0 Å². The van der Waals surface area contributed by atoms with Crippen molar-refractivity contribution in [2.45, 2.75) is 59.2 Å². The van der Waals surface area contributed by atoms with Gasteiger partial charge in [0.05, 0.1) is 6.10 Å². The third kappa shape index (κ3) is 4.04. The first-order chi connectivity index (χ1) is 8.89. The van der Waals surface area contributed by atoms with Gasteiger partial charge in [0.25, 0.3) is 0 Å². The Bertz CT molecular complexity index is 413. The van der Waals surface area contributed by atoms with Gasteiger partial charge in [0, 0.05) is 16.3 Å². The summed E-state index contributed by atoms with van der Waals surface area (Å²) < 4.78 is 6.33. The summed E-state index contributed by atoms with van der Waals surface area (Å²) in [5.74, 6) is 0.747. The van der Waals surface area contributed by atoms with E-state index < -0.39 is 0 Å². The molecule has 3 atom stereocenters. The van der Waals surface area contributed by atoms with E-state index >= 15 is 0 Å². The largest absolute Gasteiger partial charge is 0.368 e. The number of rotatable bonds is 4. The van der Waals surface area contributed by atoms with Gasteiger partial charge < -0.3 is 10.5 Å². The predicted molar refractivity (Wildman–Crippen MR) is 82.5 cm³/mol. The summed E-state index contributed by atoms with van der Waals surface area (Å²) in [4.78, 5) is 2.60. The van der Waals surface area contributed by atoms with E-state index in [-0.39, 0.29) is 6.10 Å². The third-order valence-electron chi connectivity index (χ3n) is 4.00. The van der Waals surface area contributed by atoms with E-state index in [1.807, 2.05) is 0 Å². The lowest BCUT2D eigenvalue weighted by Gasteiger charge is -2.40. The van der Waals surface area contributed by atoms with Crippen molar-refractivity contribution in [3.63, 3.8) is 0 Å². The number of nitrogens with two attached hydrogens (primary N) is 1. The van der Waals surface area contributed by atoms with Crippen LogP contribution in [0, 0.1) is 18.3 Å². The van der Waals surface area contributed by atoms with Crippen molar-refractivity contribution < 1.29 is 4.74 Å². The van der Waals surface area contributed by atoms with Gasteiger partial charge in [0.15, 0.2) is 0 Å². The highest BCUT2D eigenvalue weighted by atomic mass is 32.1. The lowest BCUT2D eigenvalue weighted by atomic mass is 9.71. The fourth-order valence-corrected chi connectivity index (χ4v) is 4.39. The number of hydrogen-bond acceptors (Lipinski definition) is 3. The minimum absolute atomic E-state index is 0.0739. The summed E-state index contributed by atoms with van der Waals surface area (Å²) in [5, 5.41) is 0. The summed E-state index contributed by atoms with van der Waals surface area (Å²) in [6, 6.07) is 4.31. The quantitative estimate of drug-likeness (QED) is 0.893. The van der Waals surface area contributed by atoms with E-state index in [0.29, 0.717) is 18.1 Å². The molecule has 1 aliphatic rings. The van der Waals surface area contributed by atoms with Crippen LogP contribution in [0.15, 0.2) is 12.1 Å². The Morgan fingerprint density at radius 2 is 2.16 bits per heavy atom. The van der Waals surface area contributed by atoms with Crippen LogP contribution in [0.4, 0.5) is 0 Å². The molecule has 2 rings (SSSR count). The van der Waals surface area contributed by atoms with Gasteiger partial charge in [-0.05, 0) is 49.7 Å². The molecule has 0 amide bonds. The Hall–Kier alpha value is -0.380. The second-order valence-electron chi connectivity index (χ2n) is 6.84. The zero-order valence-electron chi connectivity index (χ0n) is 12.6. The molecule has 0 aromatic carbocycles. The zero-order chi connectivity index (χ0) is 14.0. The first-order valence-corrected chi connectivity index (χ1v) is 8.13. The molecule has 1 aromatic rings. The number of aryl methyl sites for hydroxylation is 1. The Labute approximate surface area is 121 Å². The molecule has 3 unspecified atom stereocenters. The molecule has 1 fully saturated rings. The van der Waals surface area contributed by atoms with Crippen LogP contribution >= 0.6 is 11.3 Å². The molecule has 1 aromatic heterocycles. The maximum absolute atomic E-state index is 6.33. The minimum atomic E-state index is 0.0739. The maximum Gasteiger partial charge on any atom is 0.104 e.